The summed E-state index contributed by atoms with van der Waals surface area (Å²) in [4.78, 5) is 18.9. The number of benzene rings is 2. The van der Waals surface area contributed by atoms with E-state index in [4.69, 9.17) is 9.47 Å². The van der Waals surface area contributed by atoms with Crippen LogP contribution >= 0.6 is 0 Å². The molecule has 0 aliphatic carbocycles. The molecule has 8 nitrogen and oxygen atoms in total. The van der Waals surface area contributed by atoms with Crippen LogP contribution in [0.2, 0.25) is 0 Å². The Bertz CT molecular complexity index is 1220. The number of carbonyl (C=O) groups is 1. The quantitative estimate of drug-likeness (QED) is 0.367. The second-order valence-electron chi connectivity index (χ2n) is 7.63. The van der Waals surface area contributed by atoms with Gasteiger partial charge in [-0.25, -0.2) is 13.4 Å². The van der Waals surface area contributed by atoms with Crippen LogP contribution in [0.1, 0.15) is 21.6 Å². The number of amides is 1. The average Bonchev–Trinajstić information content (AvgIpc) is 3.25. The van der Waals surface area contributed by atoms with Crippen LogP contribution in [-0.4, -0.2) is 56.1 Å². The molecule has 1 aromatic heterocycles. The van der Waals surface area contributed by atoms with Crippen LogP contribution in [-0.2, 0) is 33.4 Å². The predicted octanol–water partition coefficient (Wildman–Crippen LogP) is 3.34. The molecule has 0 spiro atoms. The number of carbonyl (C=O) groups excluding carboxylic acids is 1. The molecule has 34 heavy (non-hydrogen) atoms. The smallest absolute Gasteiger partial charge is 0.254 e. The maximum Gasteiger partial charge on any atom is 0.254 e. The van der Waals surface area contributed by atoms with Crippen molar-refractivity contribution in [3.05, 3.63) is 90.3 Å². The fourth-order valence-electron chi connectivity index (χ4n) is 3.57. The van der Waals surface area contributed by atoms with Gasteiger partial charge in [0.15, 0.2) is 0 Å². The number of imidazole rings is 1. The van der Waals surface area contributed by atoms with Gasteiger partial charge in [0.1, 0.15) is 5.75 Å². The van der Waals surface area contributed by atoms with Gasteiger partial charge < -0.3 is 18.9 Å². The summed E-state index contributed by atoms with van der Waals surface area (Å²) in [5.74, 6) is 0.170. The van der Waals surface area contributed by atoms with E-state index in [0.29, 0.717) is 35.7 Å². The van der Waals surface area contributed by atoms with Crippen LogP contribution in [0.3, 0.4) is 0 Å². The van der Waals surface area contributed by atoms with Crippen molar-refractivity contribution in [1.29, 1.82) is 0 Å². The van der Waals surface area contributed by atoms with Crippen LogP contribution in [0.5, 0.6) is 5.75 Å². The van der Waals surface area contributed by atoms with E-state index >= 15 is 0 Å². The number of ether oxygens (including phenoxy) is 2. The third-order valence-corrected chi connectivity index (χ3v) is 6.80. The fourth-order valence-corrected chi connectivity index (χ4v) is 5.07. The summed E-state index contributed by atoms with van der Waals surface area (Å²) < 4.78 is 38.6. The van der Waals surface area contributed by atoms with E-state index in [-0.39, 0.29) is 29.9 Å². The van der Waals surface area contributed by atoms with Gasteiger partial charge in [-0.15, -0.1) is 6.58 Å². The molecule has 0 aliphatic rings. The summed E-state index contributed by atoms with van der Waals surface area (Å²) >= 11 is 0. The summed E-state index contributed by atoms with van der Waals surface area (Å²) in [5.41, 5.74) is 1.72. The van der Waals surface area contributed by atoms with Crippen molar-refractivity contribution in [1.82, 2.24) is 14.5 Å². The third-order valence-electron chi connectivity index (χ3n) is 5.20. The molecule has 0 aliphatic heterocycles. The Labute approximate surface area is 200 Å². The van der Waals surface area contributed by atoms with Gasteiger partial charge in [-0.3, -0.25) is 4.79 Å². The minimum absolute atomic E-state index is 0.0620. The first-order valence-corrected chi connectivity index (χ1v) is 12.4. The van der Waals surface area contributed by atoms with E-state index in [1.807, 2.05) is 6.07 Å². The van der Waals surface area contributed by atoms with Crippen molar-refractivity contribution in [2.24, 2.45) is 0 Å². The molecule has 3 rings (SSSR count). The number of methoxy groups -OCH3 is 2. The maximum absolute atomic E-state index is 13.3. The van der Waals surface area contributed by atoms with Crippen LogP contribution in [0.4, 0.5) is 0 Å². The lowest BCUT2D eigenvalue weighted by Crippen LogP contribution is -2.32. The van der Waals surface area contributed by atoms with Gasteiger partial charge in [-0.1, -0.05) is 36.4 Å². The number of aromatic nitrogens is 2. The Morgan fingerprint density at radius 1 is 1.15 bits per heavy atom. The number of sulfone groups is 1. The van der Waals surface area contributed by atoms with Gasteiger partial charge in [0, 0.05) is 25.8 Å². The fraction of sp³-hybridized carbons (Fsp3) is 0.280. The maximum atomic E-state index is 13.3. The van der Waals surface area contributed by atoms with Crippen LogP contribution in [0.25, 0.3) is 0 Å². The Morgan fingerprint density at radius 2 is 1.91 bits per heavy atom. The molecule has 0 atom stereocenters. The van der Waals surface area contributed by atoms with Crippen LogP contribution in [0.15, 0.2) is 78.6 Å². The highest BCUT2D eigenvalue weighted by atomic mass is 32.2. The lowest BCUT2D eigenvalue weighted by Gasteiger charge is -2.22. The molecule has 0 N–H and O–H groups in total. The van der Waals surface area contributed by atoms with E-state index in [0.717, 1.165) is 0 Å². The predicted molar refractivity (Wildman–Crippen MR) is 129 cm³/mol. The third kappa shape index (κ3) is 6.12. The molecule has 180 valence electrons. The molecular weight excluding hydrogens is 454 g/mol. The molecule has 3 aromatic rings. The van der Waals surface area contributed by atoms with Gasteiger partial charge in [0.2, 0.25) is 15.0 Å². The van der Waals surface area contributed by atoms with Crippen molar-refractivity contribution in [3.63, 3.8) is 0 Å². The average molecular weight is 484 g/mol. The summed E-state index contributed by atoms with van der Waals surface area (Å²) in [6, 6.07) is 15.8. The van der Waals surface area contributed by atoms with E-state index in [1.165, 1.54) is 13.3 Å². The van der Waals surface area contributed by atoms with Crippen molar-refractivity contribution in [2.75, 3.05) is 27.4 Å². The SMILES string of the molecule is C=CCN(Cc1cnc(S(=O)(=O)Cc2cccc(OC)c2)n1CCOC)C(=O)c1ccccc1. The van der Waals surface area contributed by atoms with Crippen molar-refractivity contribution >= 4 is 15.7 Å². The Balaban J connectivity index is 1.93. The highest BCUT2D eigenvalue weighted by Crippen LogP contribution is 2.21. The van der Waals surface area contributed by atoms with Crippen LogP contribution < -0.4 is 4.74 Å². The van der Waals surface area contributed by atoms with Gasteiger partial charge in [0.05, 0.1) is 37.9 Å². The monoisotopic (exact) mass is 483 g/mol. The first-order chi connectivity index (χ1) is 16.4. The molecule has 1 heterocycles. The van der Waals surface area contributed by atoms with Gasteiger partial charge >= 0.3 is 0 Å². The molecule has 0 saturated carbocycles. The molecule has 0 unspecified atom stereocenters. The lowest BCUT2D eigenvalue weighted by molar-refractivity contribution is 0.0758. The molecule has 0 bridgehead atoms. The second kappa shape index (κ2) is 11.6. The number of hydrogen-bond acceptors (Lipinski definition) is 6. The van der Waals surface area contributed by atoms with Crippen molar-refractivity contribution in [2.45, 2.75) is 24.0 Å². The molecule has 0 radical (unpaired) electrons. The van der Waals surface area contributed by atoms with Gasteiger partial charge in [0.25, 0.3) is 5.91 Å². The zero-order chi connectivity index (χ0) is 24.6. The van der Waals surface area contributed by atoms with Gasteiger partial charge in [-0.2, -0.15) is 0 Å². The number of hydrogen-bond donors (Lipinski definition) is 0. The minimum Gasteiger partial charge on any atom is -0.497 e. The van der Waals surface area contributed by atoms with E-state index in [1.54, 1.807) is 71.2 Å². The first kappa shape index (κ1) is 25.2. The van der Waals surface area contributed by atoms with Crippen molar-refractivity contribution in [3.8, 4) is 5.75 Å². The lowest BCUT2D eigenvalue weighted by atomic mass is 10.2. The first-order valence-electron chi connectivity index (χ1n) is 10.7. The summed E-state index contributed by atoms with van der Waals surface area (Å²) in [6.45, 7) is 4.79. The summed E-state index contributed by atoms with van der Waals surface area (Å²) in [6.07, 6.45) is 3.14. The zero-order valence-electron chi connectivity index (χ0n) is 19.4. The molecule has 0 fully saturated rings. The Hall–Kier alpha value is -3.43. The Morgan fingerprint density at radius 3 is 2.59 bits per heavy atom. The molecule has 0 saturated heterocycles. The summed E-state index contributed by atoms with van der Waals surface area (Å²) in [7, 11) is -0.705. The molecule has 9 heteroatoms. The number of nitrogens with zero attached hydrogens (tertiary/aromatic N) is 3. The highest BCUT2D eigenvalue weighted by molar-refractivity contribution is 7.90. The standard InChI is InChI=1S/C25H29N3O5S/c1-4-13-27(24(29)21-10-6-5-7-11-21)18-22-17-26-25(28(22)14-15-32-2)34(30,31)19-20-9-8-12-23(16-20)33-3/h4-12,16-17H,1,13-15,18-19H2,2-3H3. The molecule has 2 aromatic carbocycles. The molecular formula is C25H29N3O5S. The zero-order valence-corrected chi connectivity index (χ0v) is 20.2. The minimum atomic E-state index is -3.78. The largest absolute Gasteiger partial charge is 0.497 e. The number of rotatable bonds is 12. The normalized spacial score (nSPS) is 11.2. The highest BCUT2D eigenvalue weighted by Gasteiger charge is 2.26. The van der Waals surface area contributed by atoms with E-state index in [9.17, 15) is 13.2 Å². The second-order valence-corrected chi connectivity index (χ2v) is 9.51. The Kier molecular flexibility index (Phi) is 8.61. The van der Waals surface area contributed by atoms with E-state index in [2.05, 4.69) is 11.6 Å². The van der Waals surface area contributed by atoms with E-state index < -0.39 is 9.84 Å². The topological polar surface area (TPSA) is 90.7 Å². The molecule has 1 amide bonds. The van der Waals surface area contributed by atoms with Crippen molar-refractivity contribution < 1.29 is 22.7 Å². The van der Waals surface area contributed by atoms with Gasteiger partial charge in [-0.05, 0) is 29.8 Å². The van der Waals surface area contributed by atoms with Crippen LogP contribution in [0, 0.1) is 0 Å². The summed E-state index contributed by atoms with van der Waals surface area (Å²) in [5, 5.41) is -0.0620.